The van der Waals surface area contributed by atoms with Crippen LogP contribution in [0.25, 0.3) is 0 Å². The number of allylic oxidation sites excluding steroid dienone is 10. The lowest BCUT2D eigenvalue weighted by atomic mass is 9.78. The van der Waals surface area contributed by atoms with Crippen molar-refractivity contribution in [3.63, 3.8) is 0 Å². The molecular weight excluding hydrogens is 424 g/mol. The number of fused-ring (bicyclic) bond motifs is 3. The minimum absolute atomic E-state index is 0.0193. The van der Waals surface area contributed by atoms with Crippen molar-refractivity contribution in [3.8, 4) is 0 Å². The average molecular weight is 462 g/mol. The summed E-state index contributed by atoms with van der Waals surface area (Å²) in [5, 5.41) is 0. The molecule has 1 spiro atoms. The van der Waals surface area contributed by atoms with Crippen molar-refractivity contribution in [3.05, 3.63) is 120 Å². The fourth-order valence-electron chi connectivity index (χ4n) is 6.45. The third-order valence-electron chi connectivity index (χ3n) is 8.21. The van der Waals surface area contributed by atoms with Crippen molar-refractivity contribution in [1.82, 2.24) is 0 Å². The van der Waals surface area contributed by atoms with Crippen LogP contribution in [0.15, 0.2) is 109 Å². The minimum Gasteiger partial charge on any atom is -0.347 e. The molecule has 5 rings (SSSR count). The van der Waals surface area contributed by atoms with Gasteiger partial charge in [-0.15, -0.1) is 0 Å². The van der Waals surface area contributed by atoms with Gasteiger partial charge in [-0.05, 0) is 44.4 Å². The monoisotopic (exact) mass is 461 g/mol. The lowest BCUT2D eigenvalue weighted by molar-refractivity contribution is -0.401. The van der Waals surface area contributed by atoms with Crippen LogP contribution in [0.3, 0.4) is 0 Å². The van der Waals surface area contributed by atoms with Gasteiger partial charge in [-0.1, -0.05) is 91.8 Å². The van der Waals surface area contributed by atoms with Crippen LogP contribution in [0.5, 0.6) is 0 Å². The van der Waals surface area contributed by atoms with E-state index in [4.69, 9.17) is 0 Å². The first-order valence-corrected chi connectivity index (χ1v) is 12.9. The zero-order valence-corrected chi connectivity index (χ0v) is 21.5. The molecule has 178 valence electrons. The topological polar surface area (TPSA) is 6.25 Å². The number of hydrogen-bond donors (Lipinski definition) is 0. The molecule has 35 heavy (non-hydrogen) atoms. The molecule has 0 N–H and O–H groups in total. The largest absolute Gasteiger partial charge is 0.347 e. The summed E-state index contributed by atoms with van der Waals surface area (Å²) in [6, 6.07) is 17.6. The highest BCUT2D eigenvalue weighted by Gasteiger charge is 2.47. The summed E-state index contributed by atoms with van der Waals surface area (Å²) in [6.07, 6.45) is 24.6. The quantitative estimate of drug-likeness (QED) is 0.326. The summed E-state index contributed by atoms with van der Waals surface area (Å²) in [6.45, 7) is 4.60. The van der Waals surface area contributed by atoms with E-state index in [0.29, 0.717) is 0 Å². The van der Waals surface area contributed by atoms with E-state index in [9.17, 15) is 0 Å². The third-order valence-corrected chi connectivity index (χ3v) is 8.21. The van der Waals surface area contributed by atoms with Gasteiger partial charge in [-0.3, -0.25) is 0 Å². The second kappa shape index (κ2) is 9.34. The Balaban J connectivity index is 1.24. The number of hydrogen-bond acceptors (Lipinski definition) is 1. The summed E-state index contributed by atoms with van der Waals surface area (Å²) < 4.78 is 2.31. The lowest BCUT2D eigenvalue weighted by Crippen LogP contribution is -2.26. The number of para-hydroxylation sites is 2. The highest BCUT2D eigenvalue weighted by molar-refractivity contribution is 6.03. The summed E-state index contributed by atoms with van der Waals surface area (Å²) in [7, 11) is 4.38. The molecule has 0 aromatic heterocycles. The smallest absolute Gasteiger partial charge is 0.209 e. The van der Waals surface area contributed by atoms with Crippen LogP contribution in [-0.4, -0.2) is 24.4 Å². The Kier molecular flexibility index (Phi) is 6.23. The first-order valence-electron chi connectivity index (χ1n) is 12.9. The fourth-order valence-corrected chi connectivity index (χ4v) is 6.45. The normalized spacial score (nSPS) is 21.7. The molecule has 3 aliphatic rings. The van der Waals surface area contributed by atoms with E-state index in [2.05, 4.69) is 141 Å². The molecule has 2 nitrogen and oxygen atoms in total. The summed E-state index contributed by atoms with van der Waals surface area (Å²) in [5.41, 5.74) is 8.57. The zero-order valence-electron chi connectivity index (χ0n) is 21.5. The maximum Gasteiger partial charge on any atom is 0.209 e. The Labute approximate surface area is 211 Å². The Morgan fingerprint density at radius 3 is 2.09 bits per heavy atom. The second-order valence-electron chi connectivity index (χ2n) is 10.5. The number of nitrogens with zero attached hydrogens (tertiary/aromatic N) is 2. The molecule has 1 saturated carbocycles. The molecule has 0 unspecified atom stereocenters. The molecule has 0 bridgehead atoms. The molecule has 0 atom stereocenters. The van der Waals surface area contributed by atoms with E-state index in [1.165, 1.54) is 59.6 Å². The van der Waals surface area contributed by atoms with Gasteiger partial charge in [0.1, 0.15) is 7.05 Å². The maximum atomic E-state index is 2.40. The van der Waals surface area contributed by atoms with E-state index in [1.54, 1.807) is 0 Å². The van der Waals surface area contributed by atoms with Crippen molar-refractivity contribution in [2.75, 3.05) is 19.0 Å². The zero-order chi connectivity index (χ0) is 24.5. The van der Waals surface area contributed by atoms with Crippen LogP contribution >= 0.6 is 0 Å². The number of rotatable bonds is 5. The Bertz CT molecular complexity index is 1290. The molecule has 0 saturated heterocycles. The first kappa shape index (κ1) is 23.4. The van der Waals surface area contributed by atoms with E-state index in [0.717, 1.165) is 0 Å². The van der Waals surface area contributed by atoms with Crippen LogP contribution in [0.4, 0.5) is 11.4 Å². The average Bonchev–Trinajstić information content (AvgIpc) is 3.50. The van der Waals surface area contributed by atoms with E-state index in [-0.39, 0.29) is 10.8 Å². The highest BCUT2D eigenvalue weighted by Crippen LogP contribution is 2.55. The molecule has 1 aliphatic carbocycles. The SMILES string of the molecule is CN1C(=CC=CC=CC=CC=CC2=[N+](C)c3ccccc3C2(C)C)C2(CCCC2)c2ccccc21. The van der Waals surface area contributed by atoms with Gasteiger partial charge in [-0.25, -0.2) is 0 Å². The number of benzene rings is 2. The van der Waals surface area contributed by atoms with Gasteiger partial charge in [0.05, 0.1) is 5.41 Å². The molecule has 2 aromatic rings. The summed E-state index contributed by atoms with van der Waals surface area (Å²) in [4.78, 5) is 2.40. The lowest BCUT2D eigenvalue weighted by Gasteiger charge is -2.27. The maximum absolute atomic E-state index is 2.40. The molecule has 0 radical (unpaired) electrons. The van der Waals surface area contributed by atoms with Gasteiger partial charge in [0.2, 0.25) is 5.69 Å². The molecular formula is C33H37N2+. The van der Waals surface area contributed by atoms with Crippen molar-refractivity contribution in [2.45, 2.75) is 50.4 Å². The number of anilines is 1. The van der Waals surface area contributed by atoms with Gasteiger partial charge in [0.25, 0.3) is 0 Å². The minimum atomic E-state index is 0.0193. The number of likely N-dealkylation sites (N-methyl/N-ethyl adjacent to an activating group) is 1. The Hall–Kier alpha value is -3.39. The van der Waals surface area contributed by atoms with E-state index in [1.807, 2.05) is 0 Å². The van der Waals surface area contributed by atoms with Gasteiger partial charge >= 0.3 is 0 Å². The molecule has 2 aromatic carbocycles. The van der Waals surface area contributed by atoms with Gasteiger partial charge in [0.15, 0.2) is 5.71 Å². The van der Waals surface area contributed by atoms with Crippen LogP contribution in [0, 0.1) is 0 Å². The molecule has 2 heterocycles. The Morgan fingerprint density at radius 2 is 1.37 bits per heavy atom. The van der Waals surface area contributed by atoms with Gasteiger partial charge in [0, 0.05) is 41.6 Å². The van der Waals surface area contributed by atoms with E-state index < -0.39 is 0 Å². The molecule has 2 aliphatic heterocycles. The predicted molar refractivity (Wildman–Crippen MR) is 150 cm³/mol. The first-order chi connectivity index (χ1) is 17.0. The van der Waals surface area contributed by atoms with Crippen molar-refractivity contribution in [2.24, 2.45) is 0 Å². The summed E-state index contributed by atoms with van der Waals surface area (Å²) >= 11 is 0. The molecule has 2 heteroatoms. The van der Waals surface area contributed by atoms with Gasteiger partial charge in [-0.2, -0.15) is 4.58 Å². The molecule has 1 fully saturated rings. The fraction of sp³-hybridized carbons (Fsp3) is 0.303. The standard InChI is InChI=1S/C33H37N2/c1-32(2)26-18-12-14-20-28(26)34(3)30(32)22-10-8-6-5-7-9-11-23-31-33(24-16-17-25-33)27-19-13-15-21-29(27)35(31)4/h5-15,18-23H,16-17,24-25H2,1-4H3/q+1. The second-order valence-corrected chi connectivity index (χ2v) is 10.5. The Morgan fingerprint density at radius 1 is 0.771 bits per heavy atom. The van der Waals surface area contributed by atoms with E-state index >= 15 is 0 Å². The highest BCUT2D eigenvalue weighted by atomic mass is 15.2. The van der Waals surface area contributed by atoms with Gasteiger partial charge < -0.3 is 4.90 Å². The van der Waals surface area contributed by atoms with Crippen LogP contribution in [0.2, 0.25) is 0 Å². The summed E-state index contributed by atoms with van der Waals surface area (Å²) in [5.74, 6) is 0. The van der Waals surface area contributed by atoms with Crippen LogP contribution in [0.1, 0.15) is 50.7 Å². The molecule has 0 amide bonds. The van der Waals surface area contributed by atoms with Crippen LogP contribution in [-0.2, 0) is 10.8 Å². The van der Waals surface area contributed by atoms with Crippen molar-refractivity contribution < 1.29 is 4.58 Å². The third kappa shape index (κ3) is 3.95. The van der Waals surface area contributed by atoms with Crippen molar-refractivity contribution in [1.29, 1.82) is 0 Å². The predicted octanol–water partition coefficient (Wildman–Crippen LogP) is 7.76. The van der Waals surface area contributed by atoms with Crippen molar-refractivity contribution >= 4 is 17.1 Å². The van der Waals surface area contributed by atoms with Crippen LogP contribution < -0.4 is 4.90 Å².